The maximum absolute atomic E-state index is 11.1. The second-order valence-corrected chi connectivity index (χ2v) is 11.4. The molecule has 0 radical (unpaired) electrons. The number of hydrogen-bond donors (Lipinski definition) is 5. The summed E-state index contributed by atoms with van der Waals surface area (Å²) in [6.07, 6.45) is 4.17. The Bertz CT molecular complexity index is 1510. The van der Waals surface area contributed by atoms with Crippen molar-refractivity contribution in [2.45, 2.75) is 13.3 Å². The smallest absolute Gasteiger partial charge is 0.270 e. The molecule has 0 aliphatic heterocycles. The van der Waals surface area contributed by atoms with Crippen molar-refractivity contribution >= 4 is 35.8 Å². The molecule has 0 saturated heterocycles. The van der Waals surface area contributed by atoms with E-state index in [0.717, 1.165) is 11.1 Å². The summed E-state index contributed by atoms with van der Waals surface area (Å²) in [5.74, 6) is -0.780. The van der Waals surface area contributed by atoms with E-state index in [-0.39, 0.29) is 27.2 Å². The number of phenolic OH excluding ortho intramolecular Hbond substituents is 2. The van der Waals surface area contributed by atoms with E-state index in [1.54, 1.807) is 30.6 Å². The summed E-state index contributed by atoms with van der Waals surface area (Å²) in [7, 11) is 0. The number of nitrogens with zero attached hydrogens (tertiary/aromatic N) is 2. The van der Waals surface area contributed by atoms with Gasteiger partial charge in [-0.25, -0.2) is 0 Å². The average molecular weight is 581 g/mol. The number of anilines is 1. The molecular weight excluding hydrogens is 557 g/mol. The Hall–Kier alpha value is -4.44. The number of pyridine rings is 1. The number of carbonyl (C=O) groups excluding carboxylic acids is 1. The zero-order valence-corrected chi connectivity index (χ0v) is 21.9. The Balaban J connectivity index is 0.000000232. The van der Waals surface area contributed by atoms with Crippen LogP contribution in [0.3, 0.4) is 0 Å². The van der Waals surface area contributed by atoms with Gasteiger partial charge in [-0.05, 0) is 47.4 Å². The fourth-order valence-corrected chi connectivity index (χ4v) is 5.08. The van der Waals surface area contributed by atoms with Crippen LogP contribution in [0.15, 0.2) is 85.2 Å². The van der Waals surface area contributed by atoms with Crippen LogP contribution in [0.2, 0.25) is 0 Å². The molecule has 4 rings (SSSR count). The van der Waals surface area contributed by atoms with Crippen LogP contribution in [-0.2, 0) is 15.0 Å². The van der Waals surface area contributed by atoms with Crippen molar-refractivity contribution in [3.8, 4) is 22.6 Å². The number of para-hydroxylation sites is 1. The van der Waals surface area contributed by atoms with Crippen LogP contribution in [0.5, 0.6) is 11.5 Å². The molecule has 1 amide bonds. The molecule has 0 fully saturated rings. The average Bonchev–Trinajstić information content (AvgIpc) is 2.86. The van der Waals surface area contributed by atoms with E-state index in [2.05, 4.69) is 10.3 Å². The quantitative estimate of drug-likeness (QED) is 0.0989. The van der Waals surface area contributed by atoms with Crippen LogP contribution >= 0.6 is 0 Å². The van der Waals surface area contributed by atoms with Crippen LogP contribution in [-0.4, -0.2) is 48.4 Å². The van der Waals surface area contributed by atoms with Crippen molar-refractivity contribution in [2.75, 3.05) is 5.32 Å². The van der Waals surface area contributed by atoms with Gasteiger partial charge in [0, 0.05) is 30.1 Å². The third-order valence-corrected chi connectivity index (χ3v) is 7.32. The molecule has 0 saturated carbocycles. The first kappa shape index (κ1) is 28.1. The minimum atomic E-state index is -5.14. The molecule has 1 aromatic heterocycles. The monoisotopic (exact) mass is 581 g/mol. The third-order valence-electron chi connectivity index (χ3n) is 5.22. The number of nitrogens with one attached hydrogen (secondary N) is 1. The number of non-ortho nitro benzene ring substituents is 1. The van der Waals surface area contributed by atoms with Gasteiger partial charge in [-0.3, -0.25) is 15.1 Å². The second kappa shape index (κ2) is 12.2. The topological polar surface area (TPSA) is 183 Å². The minimum absolute atomic E-state index is 0.00133. The molecule has 4 aromatic rings. The van der Waals surface area contributed by atoms with E-state index in [0.29, 0.717) is 17.5 Å². The third kappa shape index (κ3) is 7.53. The van der Waals surface area contributed by atoms with Gasteiger partial charge in [-0.15, -0.1) is 0 Å². The molecule has 196 valence electrons. The normalized spacial score (nSPS) is 10.7. The predicted octanol–water partition coefficient (Wildman–Crippen LogP) is 2.86. The largest absolute Gasteiger partial charge is 0.507 e. The van der Waals surface area contributed by atoms with Crippen molar-refractivity contribution in [2.24, 2.45) is 0 Å². The first-order valence-corrected chi connectivity index (χ1v) is 14.5. The summed E-state index contributed by atoms with van der Waals surface area (Å²) >= 11 is -5.14. The first-order chi connectivity index (χ1) is 18.0. The summed E-state index contributed by atoms with van der Waals surface area (Å²) in [5.41, 5.74) is 3.10. The van der Waals surface area contributed by atoms with Gasteiger partial charge in [0.2, 0.25) is 0 Å². The number of amides is 1. The number of carbonyl (C=O) groups is 1. The summed E-state index contributed by atoms with van der Waals surface area (Å²) in [4.78, 5) is 25.2. The van der Waals surface area contributed by atoms with E-state index in [1.165, 1.54) is 37.3 Å². The molecule has 11 nitrogen and oxygen atoms in total. The first-order valence-electron chi connectivity index (χ1n) is 11.1. The molecule has 0 spiro atoms. The van der Waals surface area contributed by atoms with Gasteiger partial charge in [0.1, 0.15) is 5.75 Å². The maximum atomic E-state index is 11.1. The molecule has 1 heterocycles. The Morgan fingerprint density at radius 1 is 0.947 bits per heavy atom. The van der Waals surface area contributed by atoms with E-state index < -0.39 is 25.0 Å². The van der Waals surface area contributed by atoms with Gasteiger partial charge in [0.15, 0.2) is 0 Å². The van der Waals surface area contributed by atoms with Crippen molar-refractivity contribution in [3.05, 3.63) is 106 Å². The Labute approximate surface area is 220 Å². The minimum Gasteiger partial charge on any atom is -0.507 e. The number of nitro benzene ring substituents is 1. The summed E-state index contributed by atoms with van der Waals surface area (Å²) in [6.45, 7) is 1.18. The molecule has 5 N–H and O–H groups in total. The van der Waals surface area contributed by atoms with Crippen LogP contribution < -0.4 is 9.67 Å². The van der Waals surface area contributed by atoms with Crippen LogP contribution in [0.25, 0.3) is 11.1 Å². The summed E-state index contributed by atoms with van der Waals surface area (Å²) in [5, 5.41) is 32.6. The van der Waals surface area contributed by atoms with Crippen LogP contribution in [0.4, 0.5) is 11.4 Å². The van der Waals surface area contributed by atoms with Crippen molar-refractivity contribution in [1.82, 2.24) is 4.98 Å². The molecule has 38 heavy (non-hydrogen) atoms. The van der Waals surface area contributed by atoms with Gasteiger partial charge < -0.3 is 5.11 Å². The fourth-order valence-electron chi connectivity index (χ4n) is 3.52. The standard InChI is InChI=1S/C18H14N2O3.C8H10AsNO5/c21-18-5-4-14(10-13-6-8-19-9-7-13)11-17(18)15-2-1-3-16(12-15)20(22)23;1-5(11)10-8-6(9(13,14)15)3-2-4-7(8)12/h1-9,11-12,21H,10H2;2-4,12H,1H3,(H,10,11)(H2,13,14,15). The Morgan fingerprint density at radius 3 is 2.26 bits per heavy atom. The Kier molecular flexibility index (Phi) is 9.03. The maximum Gasteiger partial charge on any atom is 0.270 e. The van der Waals surface area contributed by atoms with Gasteiger partial charge >= 0.3 is 88.1 Å². The van der Waals surface area contributed by atoms with Gasteiger partial charge in [-0.2, -0.15) is 0 Å². The molecule has 0 unspecified atom stereocenters. The Morgan fingerprint density at radius 2 is 1.63 bits per heavy atom. The molecule has 12 heteroatoms. The van der Waals surface area contributed by atoms with Crippen LogP contribution in [0, 0.1) is 10.1 Å². The molecular formula is C26H24AsN3O8. The van der Waals surface area contributed by atoms with Gasteiger partial charge in [0.25, 0.3) is 5.69 Å². The molecule has 0 atom stereocenters. The second-order valence-electron chi connectivity index (χ2n) is 8.09. The zero-order chi connectivity index (χ0) is 27.9. The van der Waals surface area contributed by atoms with Crippen molar-refractivity contribution in [3.63, 3.8) is 0 Å². The number of phenols is 2. The molecule has 0 aliphatic carbocycles. The van der Waals surface area contributed by atoms with Crippen molar-refractivity contribution < 1.29 is 31.9 Å². The molecule has 0 bridgehead atoms. The van der Waals surface area contributed by atoms with Gasteiger partial charge in [0.05, 0.1) is 4.92 Å². The van der Waals surface area contributed by atoms with Gasteiger partial charge in [-0.1, -0.05) is 18.2 Å². The van der Waals surface area contributed by atoms with Crippen molar-refractivity contribution in [1.29, 1.82) is 0 Å². The van der Waals surface area contributed by atoms with E-state index in [1.807, 2.05) is 24.3 Å². The summed E-state index contributed by atoms with van der Waals surface area (Å²) < 4.78 is 28.8. The summed E-state index contributed by atoms with van der Waals surface area (Å²) in [6, 6.07) is 19.1. The number of benzene rings is 3. The number of rotatable bonds is 6. The fraction of sp³-hybridized carbons (Fsp3) is 0.0769. The number of aromatic nitrogens is 1. The number of aromatic hydroxyl groups is 2. The zero-order valence-electron chi connectivity index (χ0n) is 20.1. The van der Waals surface area contributed by atoms with E-state index >= 15 is 0 Å². The SMILES string of the molecule is CC(=O)Nc1c(O)cccc1[As](=O)(O)O.O=[N+]([O-])c1cccc(-c2cc(Cc3ccncc3)ccc2O)c1. The van der Waals surface area contributed by atoms with E-state index in [4.69, 9.17) is 8.19 Å². The molecule has 3 aromatic carbocycles. The van der Waals surface area contributed by atoms with Crippen LogP contribution in [0.1, 0.15) is 18.1 Å². The van der Waals surface area contributed by atoms with E-state index in [9.17, 15) is 28.9 Å². The molecule has 0 aliphatic rings. The number of nitro groups is 1. The predicted molar refractivity (Wildman–Crippen MR) is 140 cm³/mol. The number of hydrogen-bond acceptors (Lipinski definition) is 7.